The van der Waals surface area contributed by atoms with Crippen molar-refractivity contribution in [1.82, 2.24) is 14.8 Å². The first-order valence-corrected chi connectivity index (χ1v) is 7.56. The Balaban J connectivity index is 2.00. The normalized spacial score (nSPS) is 10.4. The van der Waals surface area contributed by atoms with Crippen LogP contribution in [0.4, 0.5) is 0 Å². The van der Waals surface area contributed by atoms with Crippen LogP contribution >= 0.6 is 0 Å². The fraction of sp³-hybridized carbons (Fsp3) is 0.167. The van der Waals surface area contributed by atoms with Crippen molar-refractivity contribution < 1.29 is 4.74 Å². The maximum absolute atomic E-state index is 9.15. The van der Waals surface area contributed by atoms with Crippen LogP contribution in [0.15, 0.2) is 48.8 Å². The van der Waals surface area contributed by atoms with Crippen molar-refractivity contribution >= 4 is 0 Å². The Morgan fingerprint density at radius 3 is 2.75 bits per heavy atom. The van der Waals surface area contributed by atoms with Gasteiger partial charge >= 0.3 is 0 Å². The smallest absolute Gasteiger partial charge is 0.217 e. The van der Waals surface area contributed by atoms with Gasteiger partial charge in [-0.15, -0.1) is 0 Å². The van der Waals surface area contributed by atoms with Crippen LogP contribution in [0.5, 0.6) is 11.6 Å². The number of aryl methyl sites for hydroxylation is 1. The van der Waals surface area contributed by atoms with Gasteiger partial charge in [-0.3, -0.25) is 4.98 Å². The van der Waals surface area contributed by atoms with Crippen molar-refractivity contribution in [3.05, 3.63) is 59.9 Å². The van der Waals surface area contributed by atoms with Crippen LogP contribution in [0.2, 0.25) is 0 Å². The Labute approximate surface area is 140 Å². The van der Waals surface area contributed by atoms with Crippen molar-refractivity contribution in [3.63, 3.8) is 0 Å². The highest BCUT2D eigenvalue weighted by molar-refractivity contribution is 5.69. The number of nitrogens with two attached hydrogens (primary N) is 1. The molecule has 0 bridgehead atoms. The number of benzene rings is 1. The van der Waals surface area contributed by atoms with Crippen LogP contribution < -0.4 is 10.5 Å². The van der Waals surface area contributed by atoms with E-state index in [9.17, 15) is 0 Å². The number of nitrogens with zero attached hydrogens (tertiary/aromatic N) is 4. The van der Waals surface area contributed by atoms with Gasteiger partial charge in [0.15, 0.2) is 0 Å². The summed E-state index contributed by atoms with van der Waals surface area (Å²) in [7, 11) is 1.79. The van der Waals surface area contributed by atoms with Crippen LogP contribution in [0.3, 0.4) is 0 Å². The Kier molecular flexibility index (Phi) is 4.54. The molecule has 2 N–H and O–H groups in total. The molecule has 0 radical (unpaired) electrons. The Bertz CT molecular complexity index is 877. The first kappa shape index (κ1) is 15.7. The van der Waals surface area contributed by atoms with Crippen LogP contribution in [-0.4, -0.2) is 21.3 Å². The van der Waals surface area contributed by atoms with Crippen molar-refractivity contribution in [3.8, 4) is 29.0 Å². The van der Waals surface area contributed by atoms with Crippen LogP contribution in [0.1, 0.15) is 11.1 Å². The fourth-order valence-corrected chi connectivity index (χ4v) is 2.36. The lowest BCUT2D eigenvalue weighted by Crippen LogP contribution is -2.03. The number of hydrogen-bond acceptors (Lipinski definition) is 5. The molecule has 6 heteroatoms. The summed E-state index contributed by atoms with van der Waals surface area (Å²) in [6, 6.07) is 13.1. The summed E-state index contributed by atoms with van der Waals surface area (Å²) < 4.78 is 7.57. The van der Waals surface area contributed by atoms with Gasteiger partial charge in [0.2, 0.25) is 5.88 Å². The lowest BCUT2D eigenvalue weighted by atomic mass is 10.1. The van der Waals surface area contributed by atoms with E-state index in [-0.39, 0.29) is 0 Å². The summed E-state index contributed by atoms with van der Waals surface area (Å²) in [5.41, 5.74) is 8.77. The highest BCUT2D eigenvalue weighted by Gasteiger charge is 2.12. The maximum atomic E-state index is 9.15. The molecule has 0 aliphatic carbocycles. The second-order valence-electron chi connectivity index (χ2n) is 5.31. The van der Waals surface area contributed by atoms with E-state index in [1.165, 1.54) is 0 Å². The van der Waals surface area contributed by atoms with Gasteiger partial charge in [-0.1, -0.05) is 6.07 Å². The second kappa shape index (κ2) is 6.94. The molecule has 24 heavy (non-hydrogen) atoms. The van der Waals surface area contributed by atoms with E-state index in [1.54, 1.807) is 36.1 Å². The van der Waals surface area contributed by atoms with Gasteiger partial charge in [-0.25, -0.2) is 4.68 Å². The number of nitriles is 1. The molecule has 0 aliphatic rings. The topological polar surface area (TPSA) is 89.8 Å². The van der Waals surface area contributed by atoms with E-state index in [4.69, 9.17) is 15.7 Å². The van der Waals surface area contributed by atoms with E-state index < -0.39 is 0 Å². The third kappa shape index (κ3) is 3.26. The summed E-state index contributed by atoms with van der Waals surface area (Å²) >= 11 is 0. The molecule has 3 aromatic rings. The zero-order valence-corrected chi connectivity index (χ0v) is 13.3. The van der Waals surface area contributed by atoms with E-state index >= 15 is 0 Å². The molecular formula is C18H17N5O. The van der Waals surface area contributed by atoms with Crippen LogP contribution in [-0.2, 0) is 13.5 Å². The molecular weight excluding hydrogens is 302 g/mol. The van der Waals surface area contributed by atoms with Crippen molar-refractivity contribution in [2.45, 2.75) is 6.42 Å². The zero-order valence-electron chi connectivity index (χ0n) is 13.3. The maximum Gasteiger partial charge on any atom is 0.217 e. The van der Waals surface area contributed by atoms with Crippen molar-refractivity contribution in [1.29, 1.82) is 5.26 Å². The van der Waals surface area contributed by atoms with Gasteiger partial charge in [-0.2, -0.15) is 10.4 Å². The number of rotatable bonds is 5. The molecule has 0 amide bonds. The summed E-state index contributed by atoms with van der Waals surface area (Å²) in [6.07, 6.45) is 4.26. The molecule has 6 nitrogen and oxygen atoms in total. The largest absolute Gasteiger partial charge is 0.439 e. The van der Waals surface area contributed by atoms with Crippen LogP contribution in [0, 0.1) is 11.3 Å². The summed E-state index contributed by atoms with van der Waals surface area (Å²) in [5, 5.41) is 13.2. The molecule has 0 fully saturated rings. The molecule has 0 unspecified atom stereocenters. The molecule has 120 valence electrons. The molecule has 0 atom stereocenters. The van der Waals surface area contributed by atoms with Crippen LogP contribution in [0.25, 0.3) is 11.3 Å². The van der Waals surface area contributed by atoms with Crippen molar-refractivity contribution in [2.24, 2.45) is 12.8 Å². The number of ether oxygens (including phenoxy) is 1. The monoisotopic (exact) mass is 319 g/mol. The standard InChI is InChI=1S/C18H17N5O/c1-23-18(7-9-22-23)24-17-10-14(11-20)2-4-15(17)16-5-3-13(6-8-19)12-21-16/h2-5,7,9-10,12H,6,8,19H2,1H3. The van der Waals surface area contributed by atoms with E-state index in [0.717, 1.165) is 23.2 Å². The second-order valence-corrected chi connectivity index (χ2v) is 5.31. The molecule has 2 heterocycles. The van der Waals surface area contributed by atoms with Gasteiger partial charge < -0.3 is 10.5 Å². The lowest BCUT2D eigenvalue weighted by Gasteiger charge is -2.11. The minimum absolute atomic E-state index is 0.524. The number of aromatic nitrogens is 3. The lowest BCUT2D eigenvalue weighted by molar-refractivity contribution is 0.432. The van der Waals surface area contributed by atoms with E-state index in [2.05, 4.69) is 16.2 Å². The third-order valence-corrected chi connectivity index (χ3v) is 3.63. The minimum atomic E-state index is 0.524. The fourth-order valence-electron chi connectivity index (χ4n) is 2.36. The van der Waals surface area contributed by atoms with Gasteiger partial charge in [-0.05, 0) is 42.8 Å². The Morgan fingerprint density at radius 1 is 1.25 bits per heavy atom. The quantitative estimate of drug-likeness (QED) is 0.781. The van der Waals surface area contributed by atoms with Gasteiger partial charge in [0.25, 0.3) is 0 Å². The van der Waals surface area contributed by atoms with Gasteiger partial charge in [0.05, 0.1) is 23.5 Å². The number of hydrogen-bond donors (Lipinski definition) is 1. The summed E-state index contributed by atoms with van der Waals surface area (Å²) in [5.74, 6) is 1.16. The predicted molar refractivity (Wildman–Crippen MR) is 90.4 cm³/mol. The zero-order chi connectivity index (χ0) is 16.9. The number of pyridine rings is 1. The average molecular weight is 319 g/mol. The third-order valence-electron chi connectivity index (χ3n) is 3.63. The van der Waals surface area contributed by atoms with Gasteiger partial charge in [0, 0.05) is 24.9 Å². The average Bonchev–Trinajstić information content (AvgIpc) is 3.01. The summed E-state index contributed by atoms with van der Waals surface area (Å²) in [4.78, 5) is 4.49. The first-order valence-electron chi connectivity index (χ1n) is 7.56. The van der Waals surface area contributed by atoms with E-state index in [0.29, 0.717) is 23.7 Å². The molecule has 1 aromatic carbocycles. The SMILES string of the molecule is Cn1nccc1Oc1cc(C#N)ccc1-c1ccc(CCN)cn1. The predicted octanol–water partition coefficient (Wildman–Crippen LogP) is 2.65. The van der Waals surface area contributed by atoms with Crippen molar-refractivity contribution in [2.75, 3.05) is 6.54 Å². The highest BCUT2D eigenvalue weighted by atomic mass is 16.5. The molecule has 2 aromatic heterocycles. The molecule has 0 saturated carbocycles. The molecule has 0 spiro atoms. The van der Waals surface area contributed by atoms with Gasteiger partial charge in [0.1, 0.15) is 5.75 Å². The molecule has 3 rings (SSSR count). The highest BCUT2D eigenvalue weighted by Crippen LogP contribution is 2.33. The van der Waals surface area contributed by atoms with E-state index in [1.807, 2.05) is 24.4 Å². The first-order chi connectivity index (χ1) is 11.7. The molecule has 0 aliphatic heterocycles. The summed E-state index contributed by atoms with van der Waals surface area (Å²) in [6.45, 7) is 0.590. The Morgan fingerprint density at radius 2 is 2.12 bits per heavy atom. The molecule has 0 saturated heterocycles. The minimum Gasteiger partial charge on any atom is -0.439 e. The Hall–Kier alpha value is -3.17.